The summed E-state index contributed by atoms with van der Waals surface area (Å²) in [6.45, 7) is 4.22. The molecule has 0 bridgehead atoms. The minimum Gasteiger partial charge on any atom is -0.397 e. The second-order valence-electron chi connectivity index (χ2n) is 5.36. The summed E-state index contributed by atoms with van der Waals surface area (Å²) in [5.74, 6) is 0.859. The quantitative estimate of drug-likeness (QED) is 0.756. The van der Waals surface area contributed by atoms with Crippen molar-refractivity contribution >= 4 is 22.9 Å². The maximum atomic E-state index is 5.78. The van der Waals surface area contributed by atoms with E-state index in [1.54, 1.807) is 6.20 Å². The molecule has 22 heavy (non-hydrogen) atoms. The zero-order valence-electron chi connectivity index (χ0n) is 12.8. The van der Waals surface area contributed by atoms with Gasteiger partial charge in [-0.25, -0.2) is 4.98 Å². The number of aryl methyl sites for hydroxylation is 2. The summed E-state index contributed by atoms with van der Waals surface area (Å²) >= 11 is 0. The van der Waals surface area contributed by atoms with E-state index in [-0.39, 0.29) is 0 Å². The van der Waals surface area contributed by atoms with E-state index >= 15 is 0 Å². The largest absolute Gasteiger partial charge is 0.397 e. The molecule has 0 aliphatic rings. The lowest BCUT2D eigenvalue weighted by atomic mass is 10.1. The first-order valence-electron chi connectivity index (χ1n) is 7.30. The van der Waals surface area contributed by atoms with E-state index in [4.69, 9.17) is 5.73 Å². The number of para-hydroxylation sites is 2. The summed E-state index contributed by atoms with van der Waals surface area (Å²) in [6.07, 6.45) is 1.69. The van der Waals surface area contributed by atoms with Gasteiger partial charge in [0.05, 0.1) is 23.3 Å². The molecule has 110 valence electrons. The van der Waals surface area contributed by atoms with Crippen molar-refractivity contribution in [2.45, 2.75) is 13.8 Å². The van der Waals surface area contributed by atoms with Crippen LogP contribution in [0.5, 0.6) is 0 Å². The maximum absolute atomic E-state index is 5.78. The summed E-state index contributed by atoms with van der Waals surface area (Å²) in [6, 6.07) is 20.5. The van der Waals surface area contributed by atoms with Crippen molar-refractivity contribution in [3.63, 3.8) is 0 Å². The molecule has 0 aliphatic carbocycles. The van der Waals surface area contributed by atoms with Crippen LogP contribution in [0.1, 0.15) is 11.1 Å². The van der Waals surface area contributed by atoms with E-state index in [1.165, 1.54) is 11.1 Å². The average Bonchev–Trinajstić information content (AvgIpc) is 2.53. The number of rotatable bonds is 3. The Labute approximate surface area is 131 Å². The Bertz CT molecular complexity index is 733. The summed E-state index contributed by atoms with van der Waals surface area (Å²) in [5.41, 5.74) is 11.1. The van der Waals surface area contributed by atoms with Crippen LogP contribution in [0.4, 0.5) is 22.9 Å². The number of nitrogen functional groups attached to an aromatic ring is 1. The lowest BCUT2D eigenvalue weighted by Gasteiger charge is -2.27. The van der Waals surface area contributed by atoms with Crippen molar-refractivity contribution in [1.29, 1.82) is 0 Å². The molecule has 0 amide bonds. The predicted molar refractivity (Wildman–Crippen MR) is 92.8 cm³/mol. The molecule has 3 heteroatoms. The molecule has 0 fully saturated rings. The van der Waals surface area contributed by atoms with E-state index in [0.29, 0.717) is 5.69 Å². The zero-order chi connectivity index (χ0) is 15.5. The lowest BCUT2D eigenvalue weighted by molar-refractivity contribution is 1.15. The first kappa shape index (κ1) is 14.1. The number of nitrogens with two attached hydrogens (primary N) is 1. The van der Waals surface area contributed by atoms with E-state index in [2.05, 4.69) is 48.0 Å². The van der Waals surface area contributed by atoms with E-state index in [0.717, 1.165) is 17.2 Å². The molecule has 0 radical (unpaired) electrons. The predicted octanol–water partition coefficient (Wildman–Crippen LogP) is 4.75. The molecule has 0 unspecified atom stereocenters. The molecule has 0 saturated heterocycles. The van der Waals surface area contributed by atoms with Crippen LogP contribution in [-0.2, 0) is 0 Å². The fraction of sp³-hybridized carbons (Fsp3) is 0.105. The minimum absolute atomic E-state index is 0.665. The van der Waals surface area contributed by atoms with Gasteiger partial charge >= 0.3 is 0 Å². The highest BCUT2D eigenvalue weighted by Gasteiger charge is 2.16. The molecule has 3 aromatic rings. The van der Waals surface area contributed by atoms with Crippen molar-refractivity contribution in [2.24, 2.45) is 0 Å². The van der Waals surface area contributed by atoms with E-state index in [1.807, 2.05) is 36.4 Å². The van der Waals surface area contributed by atoms with Crippen LogP contribution < -0.4 is 10.6 Å². The van der Waals surface area contributed by atoms with Crippen molar-refractivity contribution in [3.05, 3.63) is 78.0 Å². The van der Waals surface area contributed by atoms with Gasteiger partial charge in [0.15, 0.2) is 0 Å². The Hall–Kier alpha value is -2.81. The van der Waals surface area contributed by atoms with Gasteiger partial charge in [0.25, 0.3) is 0 Å². The Morgan fingerprint density at radius 1 is 0.773 bits per heavy atom. The molecule has 2 N–H and O–H groups in total. The monoisotopic (exact) mass is 289 g/mol. The summed E-state index contributed by atoms with van der Waals surface area (Å²) in [5, 5.41) is 0. The average molecular weight is 289 g/mol. The van der Waals surface area contributed by atoms with Gasteiger partial charge in [0, 0.05) is 0 Å². The Morgan fingerprint density at radius 3 is 1.77 bits per heavy atom. The minimum atomic E-state index is 0.665. The lowest BCUT2D eigenvalue weighted by Crippen LogP contribution is -2.14. The third-order valence-corrected chi connectivity index (χ3v) is 3.71. The number of hydrogen-bond donors (Lipinski definition) is 1. The third-order valence-electron chi connectivity index (χ3n) is 3.71. The fourth-order valence-electron chi connectivity index (χ4n) is 2.53. The highest BCUT2D eigenvalue weighted by Crippen LogP contribution is 2.36. The fourth-order valence-corrected chi connectivity index (χ4v) is 2.53. The van der Waals surface area contributed by atoms with Gasteiger partial charge in [-0.3, -0.25) is 4.90 Å². The normalized spacial score (nSPS) is 10.5. The Kier molecular flexibility index (Phi) is 3.79. The molecule has 0 saturated carbocycles. The van der Waals surface area contributed by atoms with Gasteiger partial charge < -0.3 is 5.73 Å². The number of anilines is 4. The van der Waals surface area contributed by atoms with Crippen molar-refractivity contribution in [3.8, 4) is 0 Å². The molecule has 0 atom stereocenters. The van der Waals surface area contributed by atoms with Crippen LogP contribution in [0.2, 0.25) is 0 Å². The molecule has 3 rings (SSSR count). The van der Waals surface area contributed by atoms with Crippen LogP contribution in [0.15, 0.2) is 66.9 Å². The van der Waals surface area contributed by atoms with Crippen LogP contribution in [0.25, 0.3) is 0 Å². The van der Waals surface area contributed by atoms with Gasteiger partial charge in [-0.15, -0.1) is 0 Å². The Morgan fingerprint density at radius 2 is 1.32 bits per heavy atom. The molecule has 0 aliphatic heterocycles. The number of nitrogens with zero attached hydrogens (tertiary/aromatic N) is 2. The molecule has 1 aromatic heterocycles. The smallest absolute Gasteiger partial charge is 0.137 e. The highest BCUT2D eigenvalue weighted by molar-refractivity contribution is 5.78. The standard InChI is InChI=1S/C19H19N3/c1-14-7-3-5-9-17(14)22(18-10-6-4-8-15(18)2)19-12-11-16(20)13-21-19/h3-13H,20H2,1-2H3. The molecular weight excluding hydrogens is 270 g/mol. The van der Waals surface area contributed by atoms with Crippen LogP contribution in [-0.4, -0.2) is 4.98 Å². The third kappa shape index (κ3) is 2.66. The number of pyridine rings is 1. The second kappa shape index (κ2) is 5.90. The van der Waals surface area contributed by atoms with E-state index < -0.39 is 0 Å². The summed E-state index contributed by atoms with van der Waals surface area (Å²) in [4.78, 5) is 6.69. The van der Waals surface area contributed by atoms with Gasteiger partial charge in [0.2, 0.25) is 0 Å². The van der Waals surface area contributed by atoms with Crippen LogP contribution in [0, 0.1) is 13.8 Å². The topological polar surface area (TPSA) is 42.1 Å². The number of aromatic nitrogens is 1. The van der Waals surface area contributed by atoms with Crippen LogP contribution >= 0.6 is 0 Å². The molecular formula is C19H19N3. The second-order valence-corrected chi connectivity index (χ2v) is 5.36. The van der Waals surface area contributed by atoms with Crippen molar-refractivity contribution < 1.29 is 0 Å². The van der Waals surface area contributed by atoms with Gasteiger partial charge in [-0.2, -0.15) is 0 Å². The maximum Gasteiger partial charge on any atom is 0.137 e. The van der Waals surface area contributed by atoms with Gasteiger partial charge in [-0.1, -0.05) is 36.4 Å². The van der Waals surface area contributed by atoms with Crippen LogP contribution in [0.3, 0.4) is 0 Å². The summed E-state index contributed by atoms with van der Waals surface area (Å²) in [7, 11) is 0. The first-order valence-corrected chi connectivity index (χ1v) is 7.30. The first-order chi connectivity index (χ1) is 10.7. The van der Waals surface area contributed by atoms with E-state index in [9.17, 15) is 0 Å². The molecule has 2 aromatic carbocycles. The molecule has 0 spiro atoms. The molecule has 1 heterocycles. The zero-order valence-corrected chi connectivity index (χ0v) is 12.8. The Balaban J connectivity index is 2.21. The number of hydrogen-bond acceptors (Lipinski definition) is 3. The summed E-state index contributed by atoms with van der Waals surface area (Å²) < 4.78 is 0. The van der Waals surface area contributed by atoms with Gasteiger partial charge in [-0.05, 0) is 49.2 Å². The van der Waals surface area contributed by atoms with Gasteiger partial charge in [0.1, 0.15) is 5.82 Å². The number of benzene rings is 2. The van der Waals surface area contributed by atoms with Crippen molar-refractivity contribution in [1.82, 2.24) is 4.98 Å². The SMILES string of the molecule is Cc1ccccc1N(c1ccc(N)cn1)c1ccccc1C. The molecule has 3 nitrogen and oxygen atoms in total. The van der Waals surface area contributed by atoms with Crippen molar-refractivity contribution in [2.75, 3.05) is 10.6 Å². The highest BCUT2D eigenvalue weighted by atomic mass is 15.2.